The third-order valence-electron chi connectivity index (χ3n) is 3.95. The molecule has 1 aromatic heterocycles. The Balaban J connectivity index is 1.96. The van der Waals surface area contributed by atoms with Crippen molar-refractivity contribution in [2.75, 3.05) is 46.4 Å². The van der Waals surface area contributed by atoms with E-state index in [4.69, 9.17) is 23.7 Å². The van der Waals surface area contributed by atoms with Gasteiger partial charge in [-0.25, -0.2) is 9.97 Å². The molecular weight excluding hydrogens is 362 g/mol. The average molecular weight is 391 g/mol. The second-order valence-corrected chi connectivity index (χ2v) is 5.97. The minimum atomic E-state index is 0.334. The first-order valence-electron chi connectivity index (χ1n) is 9.26. The Labute approximate surface area is 166 Å². The number of hydrogen-bond acceptors (Lipinski definition) is 8. The van der Waals surface area contributed by atoms with Crippen LogP contribution in [-0.4, -0.2) is 51.1 Å². The summed E-state index contributed by atoms with van der Waals surface area (Å²) >= 11 is 0. The number of rotatable bonds is 12. The van der Waals surface area contributed by atoms with Crippen LogP contribution in [0, 0.1) is 6.92 Å². The first kappa shape index (κ1) is 21.4. The van der Waals surface area contributed by atoms with Crippen molar-refractivity contribution < 1.29 is 23.7 Å². The van der Waals surface area contributed by atoms with Crippen molar-refractivity contribution in [1.29, 1.82) is 0 Å². The van der Waals surface area contributed by atoms with Crippen molar-refractivity contribution in [1.82, 2.24) is 9.97 Å². The van der Waals surface area contributed by atoms with E-state index in [0.29, 0.717) is 53.6 Å². The van der Waals surface area contributed by atoms with E-state index in [0.717, 1.165) is 19.4 Å². The van der Waals surface area contributed by atoms with Crippen LogP contribution >= 0.6 is 0 Å². The Kier molecular flexibility index (Phi) is 8.45. The predicted molar refractivity (Wildman–Crippen MR) is 107 cm³/mol. The zero-order valence-electron chi connectivity index (χ0n) is 17.2. The van der Waals surface area contributed by atoms with Crippen molar-refractivity contribution in [2.45, 2.75) is 26.7 Å². The molecular formula is C20H29N3O5. The van der Waals surface area contributed by atoms with Gasteiger partial charge in [-0.3, -0.25) is 0 Å². The average Bonchev–Trinajstić information content (AvgIpc) is 2.71. The normalized spacial score (nSPS) is 10.3. The minimum absolute atomic E-state index is 0.334. The van der Waals surface area contributed by atoms with Crippen molar-refractivity contribution in [3.05, 3.63) is 24.2 Å². The van der Waals surface area contributed by atoms with Crippen LogP contribution in [0.15, 0.2) is 18.3 Å². The molecule has 2 aromatic rings. The van der Waals surface area contributed by atoms with Crippen LogP contribution < -0.4 is 29.0 Å². The van der Waals surface area contributed by atoms with Crippen molar-refractivity contribution in [3.63, 3.8) is 0 Å². The molecule has 1 N–H and O–H groups in total. The summed E-state index contributed by atoms with van der Waals surface area (Å²) in [4.78, 5) is 8.62. The van der Waals surface area contributed by atoms with Gasteiger partial charge in [0.2, 0.25) is 5.75 Å². The molecule has 8 nitrogen and oxygen atoms in total. The number of ether oxygens (including phenoxy) is 5. The summed E-state index contributed by atoms with van der Waals surface area (Å²) in [6, 6.07) is 3.49. The van der Waals surface area contributed by atoms with Gasteiger partial charge in [-0.2, -0.15) is 0 Å². The van der Waals surface area contributed by atoms with Crippen LogP contribution in [0.4, 0.5) is 5.82 Å². The lowest BCUT2D eigenvalue weighted by Gasteiger charge is -2.15. The van der Waals surface area contributed by atoms with Gasteiger partial charge in [0.05, 0.1) is 27.5 Å². The van der Waals surface area contributed by atoms with Gasteiger partial charge in [0.25, 0.3) is 0 Å². The Morgan fingerprint density at radius 1 is 0.929 bits per heavy atom. The van der Waals surface area contributed by atoms with Crippen LogP contribution in [0.5, 0.6) is 28.7 Å². The van der Waals surface area contributed by atoms with Gasteiger partial charge in [-0.1, -0.05) is 13.3 Å². The van der Waals surface area contributed by atoms with E-state index < -0.39 is 0 Å². The number of unbranched alkanes of at least 4 members (excludes halogenated alkanes) is 1. The number of benzene rings is 1. The highest BCUT2D eigenvalue weighted by Gasteiger charge is 2.14. The Bertz CT molecular complexity index is 730. The summed E-state index contributed by atoms with van der Waals surface area (Å²) in [5.41, 5.74) is 0. The smallest absolute Gasteiger partial charge is 0.203 e. The maximum Gasteiger partial charge on any atom is 0.203 e. The topological polar surface area (TPSA) is 84.0 Å². The van der Waals surface area contributed by atoms with Crippen LogP contribution in [0.25, 0.3) is 0 Å². The quantitative estimate of drug-likeness (QED) is 0.551. The van der Waals surface area contributed by atoms with Gasteiger partial charge in [-0.05, 0) is 13.3 Å². The highest BCUT2D eigenvalue weighted by Crippen LogP contribution is 2.40. The lowest BCUT2D eigenvalue weighted by Crippen LogP contribution is -2.12. The molecule has 0 amide bonds. The molecule has 1 heterocycles. The van der Waals surface area contributed by atoms with E-state index in [9.17, 15) is 0 Å². The molecule has 0 aliphatic rings. The minimum Gasteiger partial charge on any atom is -0.493 e. The standard InChI is InChI=1S/C20H29N3O5/c1-6-7-8-21-20-18(13-22-14(2)23-20)28-10-9-27-15-11-16(24-3)19(26-5)17(12-15)25-4/h11-13H,6-10H2,1-5H3,(H,21,22,23). The fraction of sp³-hybridized carbons (Fsp3) is 0.500. The summed E-state index contributed by atoms with van der Waals surface area (Å²) in [7, 11) is 4.69. The van der Waals surface area contributed by atoms with E-state index in [2.05, 4.69) is 22.2 Å². The molecule has 28 heavy (non-hydrogen) atoms. The predicted octanol–water partition coefficient (Wildman–Crippen LogP) is 3.48. The van der Waals surface area contributed by atoms with Gasteiger partial charge in [0.15, 0.2) is 23.1 Å². The van der Waals surface area contributed by atoms with E-state index in [1.165, 1.54) is 0 Å². The van der Waals surface area contributed by atoms with Crippen LogP contribution in [-0.2, 0) is 0 Å². The van der Waals surface area contributed by atoms with Gasteiger partial charge in [0, 0.05) is 18.7 Å². The van der Waals surface area contributed by atoms with Crippen LogP contribution in [0.2, 0.25) is 0 Å². The van der Waals surface area contributed by atoms with Gasteiger partial charge in [0.1, 0.15) is 24.8 Å². The number of nitrogens with one attached hydrogen (secondary N) is 1. The highest BCUT2D eigenvalue weighted by atomic mass is 16.5. The molecule has 0 saturated heterocycles. The van der Waals surface area contributed by atoms with Crippen molar-refractivity contribution >= 4 is 5.82 Å². The van der Waals surface area contributed by atoms with Gasteiger partial charge in [-0.15, -0.1) is 0 Å². The molecule has 0 fully saturated rings. The molecule has 0 aliphatic carbocycles. The lowest BCUT2D eigenvalue weighted by atomic mass is 10.2. The zero-order chi connectivity index (χ0) is 20.4. The number of anilines is 1. The highest BCUT2D eigenvalue weighted by molar-refractivity contribution is 5.55. The summed E-state index contributed by atoms with van der Waals surface area (Å²) in [5.74, 6) is 4.19. The third-order valence-corrected chi connectivity index (χ3v) is 3.95. The summed E-state index contributed by atoms with van der Waals surface area (Å²) in [6.45, 7) is 5.50. The Hall–Kier alpha value is -2.90. The molecule has 0 aliphatic heterocycles. The molecule has 0 atom stereocenters. The van der Waals surface area contributed by atoms with E-state index in [1.807, 2.05) is 6.92 Å². The molecule has 0 bridgehead atoms. The summed E-state index contributed by atoms with van der Waals surface area (Å²) in [5, 5.41) is 3.29. The van der Waals surface area contributed by atoms with E-state index in [-0.39, 0.29) is 0 Å². The Morgan fingerprint density at radius 3 is 2.21 bits per heavy atom. The Morgan fingerprint density at radius 2 is 1.61 bits per heavy atom. The number of hydrogen-bond donors (Lipinski definition) is 1. The lowest BCUT2D eigenvalue weighted by molar-refractivity contribution is 0.215. The molecule has 1 aromatic carbocycles. The van der Waals surface area contributed by atoms with Crippen molar-refractivity contribution in [2.24, 2.45) is 0 Å². The van der Waals surface area contributed by atoms with Gasteiger partial charge < -0.3 is 29.0 Å². The zero-order valence-corrected chi connectivity index (χ0v) is 17.2. The largest absolute Gasteiger partial charge is 0.493 e. The van der Waals surface area contributed by atoms with Crippen LogP contribution in [0.1, 0.15) is 25.6 Å². The molecule has 154 valence electrons. The second kappa shape index (κ2) is 11.1. The molecule has 0 spiro atoms. The van der Waals surface area contributed by atoms with E-state index in [1.54, 1.807) is 39.7 Å². The van der Waals surface area contributed by atoms with Crippen LogP contribution in [0.3, 0.4) is 0 Å². The van der Waals surface area contributed by atoms with E-state index >= 15 is 0 Å². The number of aryl methyl sites for hydroxylation is 1. The maximum absolute atomic E-state index is 5.80. The second-order valence-electron chi connectivity index (χ2n) is 5.97. The van der Waals surface area contributed by atoms with Crippen molar-refractivity contribution in [3.8, 4) is 28.7 Å². The number of aromatic nitrogens is 2. The molecule has 2 rings (SSSR count). The summed E-state index contributed by atoms with van der Waals surface area (Å²) in [6.07, 6.45) is 3.85. The maximum atomic E-state index is 5.80. The molecule has 0 saturated carbocycles. The SMILES string of the molecule is CCCCNc1nc(C)ncc1OCCOc1cc(OC)c(OC)c(OC)c1. The first-order valence-corrected chi connectivity index (χ1v) is 9.26. The first-order chi connectivity index (χ1) is 13.6. The number of methoxy groups -OCH3 is 3. The van der Waals surface area contributed by atoms with Gasteiger partial charge >= 0.3 is 0 Å². The third kappa shape index (κ3) is 5.80. The molecule has 0 radical (unpaired) electrons. The summed E-state index contributed by atoms with van der Waals surface area (Å²) < 4.78 is 27.5. The fourth-order valence-electron chi connectivity index (χ4n) is 2.53. The number of nitrogens with zero attached hydrogens (tertiary/aromatic N) is 2. The molecule has 0 unspecified atom stereocenters. The fourth-order valence-corrected chi connectivity index (χ4v) is 2.53. The monoisotopic (exact) mass is 391 g/mol. The molecule has 8 heteroatoms.